The fourth-order valence-corrected chi connectivity index (χ4v) is 2.65. The van der Waals surface area contributed by atoms with E-state index < -0.39 is 0 Å². The number of aromatic hydroxyl groups is 1. The highest BCUT2D eigenvalue weighted by molar-refractivity contribution is 5.75. The Labute approximate surface area is 131 Å². The topological polar surface area (TPSA) is 33.1 Å². The van der Waals surface area contributed by atoms with Crippen molar-refractivity contribution in [2.24, 2.45) is 0 Å². The standard InChI is InChI=1S/C20H19NO/c1-14(2)20-19(12-18(22)13-21-20)17-10-6-9-16(11-17)15-7-4-3-5-8-15/h3-14,22H,1-2H3. The van der Waals surface area contributed by atoms with E-state index in [0.717, 1.165) is 22.4 Å². The molecule has 0 aliphatic rings. The van der Waals surface area contributed by atoms with Crippen molar-refractivity contribution in [2.75, 3.05) is 0 Å². The van der Waals surface area contributed by atoms with Crippen molar-refractivity contribution in [1.82, 2.24) is 4.98 Å². The van der Waals surface area contributed by atoms with Gasteiger partial charge in [0.2, 0.25) is 0 Å². The monoisotopic (exact) mass is 289 g/mol. The second kappa shape index (κ2) is 6.02. The molecule has 0 saturated carbocycles. The molecule has 0 atom stereocenters. The Morgan fingerprint density at radius 3 is 2.23 bits per heavy atom. The molecule has 0 fully saturated rings. The van der Waals surface area contributed by atoms with Crippen LogP contribution in [0.4, 0.5) is 0 Å². The lowest BCUT2D eigenvalue weighted by Gasteiger charge is -2.13. The average Bonchev–Trinajstić information content (AvgIpc) is 2.55. The minimum atomic E-state index is 0.199. The Bertz CT molecular complexity index is 779. The van der Waals surface area contributed by atoms with Gasteiger partial charge in [0.15, 0.2) is 0 Å². The van der Waals surface area contributed by atoms with E-state index in [4.69, 9.17) is 0 Å². The smallest absolute Gasteiger partial charge is 0.134 e. The van der Waals surface area contributed by atoms with Crippen molar-refractivity contribution in [2.45, 2.75) is 19.8 Å². The Hall–Kier alpha value is -2.61. The van der Waals surface area contributed by atoms with Gasteiger partial charge in [0.25, 0.3) is 0 Å². The quantitative estimate of drug-likeness (QED) is 0.714. The van der Waals surface area contributed by atoms with E-state index in [1.54, 1.807) is 6.07 Å². The zero-order valence-corrected chi connectivity index (χ0v) is 12.8. The summed E-state index contributed by atoms with van der Waals surface area (Å²) in [4.78, 5) is 4.41. The number of benzene rings is 2. The van der Waals surface area contributed by atoms with Gasteiger partial charge in [-0.2, -0.15) is 0 Å². The van der Waals surface area contributed by atoms with Crippen LogP contribution in [0.1, 0.15) is 25.5 Å². The van der Waals surface area contributed by atoms with Gasteiger partial charge in [0.05, 0.1) is 11.9 Å². The highest BCUT2D eigenvalue weighted by Gasteiger charge is 2.12. The van der Waals surface area contributed by atoms with E-state index >= 15 is 0 Å². The van der Waals surface area contributed by atoms with E-state index in [2.05, 4.69) is 49.2 Å². The SMILES string of the molecule is CC(C)c1ncc(O)cc1-c1cccc(-c2ccccc2)c1. The highest BCUT2D eigenvalue weighted by atomic mass is 16.3. The zero-order chi connectivity index (χ0) is 15.5. The van der Waals surface area contributed by atoms with E-state index in [9.17, 15) is 5.11 Å². The second-order valence-electron chi connectivity index (χ2n) is 5.73. The molecule has 0 saturated heterocycles. The van der Waals surface area contributed by atoms with Crippen LogP contribution in [-0.4, -0.2) is 10.1 Å². The summed E-state index contributed by atoms with van der Waals surface area (Å²) in [5.74, 6) is 0.500. The Balaban J connectivity index is 2.12. The first-order chi connectivity index (χ1) is 10.6. The molecule has 0 radical (unpaired) electrons. The van der Waals surface area contributed by atoms with Crippen molar-refractivity contribution >= 4 is 0 Å². The van der Waals surface area contributed by atoms with Crippen LogP contribution in [0.25, 0.3) is 22.3 Å². The molecular weight excluding hydrogens is 270 g/mol. The van der Waals surface area contributed by atoms with Crippen molar-refractivity contribution in [3.8, 4) is 28.0 Å². The summed E-state index contributed by atoms with van der Waals surface area (Å²) >= 11 is 0. The third-order valence-corrected chi connectivity index (χ3v) is 3.73. The van der Waals surface area contributed by atoms with E-state index in [0.29, 0.717) is 5.92 Å². The molecule has 0 spiro atoms. The van der Waals surface area contributed by atoms with Crippen LogP contribution in [0.15, 0.2) is 66.9 Å². The van der Waals surface area contributed by atoms with E-state index in [1.165, 1.54) is 11.8 Å². The number of aromatic nitrogens is 1. The van der Waals surface area contributed by atoms with Gasteiger partial charge in [-0.25, -0.2) is 0 Å². The molecule has 22 heavy (non-hydrogen) atoms. The van der Waals surface area contributed by atoms with Crippen LogP contribution in [-0.2, 0) is 0 Å². The predicted octanol–water partition coefficient (Wildman–Crippen LogP) is 5.24. The molecular formula is C20H19NO. The van der Waals surface area contributed by atoms with Gasteiger partial charge < -0.3 is 5.11 Å². The van der Waals surface area contributed by atoms with Gasteiger partial charge in [0.1, 0.15) is 5.75 Å². The first-order valence-corrected chi connectivity index (χ1v) is 7.50. The van der Waals surface area contributed by atoms with Crippen LogP contribution >= 0.6 is 0 Å². The zero-order valence-electron chi connectivity index (χ0n) is 12.8. The molecule has 2 heteroatoms. The van der Waals surface area contributed by atoms with Crippen molar-refractivity contribution in [3.05, 3.63) is 72.6 Å². The number of pyridine rings is 1. The number of hydrogen-bond donors (Lipinski definition) is 1. The number of rotatable bonds is 3. The molecule has 110 valence electrons. The summed E-state index contributed by atoms with van der Waals surface area (Å²) in [6.07, 6.45) is 1.51. The van der Waals surface area contributed by atoms with Crippen molar-refractivity contribution in [1.29, 1.82) is 0 Å². The molecule has 2 aromatic carbocycles. The summed E-state index contributed by atoms with van der Waals surface area (Å²) in [5, 5.41) is 9.80. The van der Waals surface area contributed by atoms with Gasteiger partial charge in [-0.3, -0.25) is 4.98 Å². The fraction of sp³-hybridized carbons (Fsp3) is 0.150. The molecule has 1 aromatic heterocycles. The minimum absolute atomic E-state index is 0.199. The lowest BCUT2D eigenvalue weighted by molar-refractivity contribution is 0.472. The van der Waals surface area contributed by atoms with Gasteiger partial charge >= 0.3 is 0 Å². The first-order valence-electron chi connectivity index (χ1n) is 7.50. The van der Waals surface area contributed by atoms with Crippen LogP contribution in [0, 0.1) is 0 Å². The largest absolute Gasteiger partial charge is 0.506 e. The summed E-state index contributed by atoms with van der Waals surface area (Å²) in [6.45, 7) is 4.23. The molecule has 0 amide bonds. The van der Waals surface area contributed by atoms with Crippen LogP contribution in [0.5, 0.6) is 5.75 Å². The maximum Gasteiger partial charge on any atom is 0.134 e. The minimum Gasteiger partial charge on any atom is -0.506 e. The second-order valence-corrected chi connectivity index (χ2v) is 5.73. The third-order valence-electron chi connectivity index (χ3n) is 3.73. The van der Waals surface area contributed by atoms with Gasteiger partial charge in [-0.05, 0) is 34.7 Å². The van der Waals surface area contributed by atoms with Crippen molar-refractivity contribution in [3.63, 3.8) is 0 Å². The summed E-state index contributed by atoms with van der Waals surface area (Å²) < 4.78 is 0. The lowest BCUT2D eigenvalue weighted by atomic mass is 9.95. The molecule has 1 N–H and O–H groups in total. The maximum atomic E-state index is 9.80. The Morgan fingerprint density at radius 2 is 1.50 bits per heavy atom. The summed E-state index contributed by atoms with van der Waals surface area (Å²) in [5.41, 5.74) is 5.42. The van der Waals surface area contributed by atoms with Crippen LogP contribution < -0.4 is 0 Å². The fourth-order valence-electron chi connectivity index (χ4n) is 2.65. The van der Waals surface area contributed by atoms with Gasteiger partial charge in [0, 0.05) is 5.56 Å². The van der Waals surface area contributed by atoms with E-state index in [1.807, 2.05) is 24.3 Å². The summed E-state index contributed by atoms with van der Waals surface area (Å²) in [7, 11) is 0. The van der Waals surface area contributed by atoms with Gasteiger partial charge in [-0.1, -0.05) is 62.4 Å². The predicted molar refractivity (Wildman–Crippen MR) is 90.9 cm³/mol. The van der Waals surface area contributed by atoms with Crippen LogP contribution in [0.2, 0.25) is 0 Å². The molecule has 0 unspecified atom stereocenters. The Morgan fingerprint density at radius 1 is 0.818 bits per heavy atom. The molecule has 3 rings (SSSR count). The first kappa shape index (κ1) is 14.3. The molecule has 2 nitrogen and oxygen atoms in total. The maximum absolute atomic E-state index is 9.80. The molecule has 0 aliphatic heterocycles. The Kier molecular flexibility index (Phi) is 3.92. The average molecular weight is 289 g/mol. The van der Waals surface area contributed by atoms with Crippen LogP contribution in [0.3, 0.4) is 0 Å². The molecule has 0 bridgehead atoms. The van der Waals surface area contributed by atoms with Crippen molar-refractivity contribution < 1.29 is 5.11 Å². The molecule has 3 aromatic rings. The molecule has 0 aliphatic carbocycles. The lowest BCUT2D eigenvalue weighted by Crippen LogP contribution is -1.96. The summed E-state index contributed by atoms with van der Waals surface area (Å²) in [6, 6.07) is 20.5. The van der Waals surface area contributed by atoms with E-state index in [-0.39, 0.29) is 5.75 Å². The normalized spacial score (nSPS) is 10.9. The molecule has 1 heterocycles. The highest BCUT2D eigenvalue weighted by Crippen LogP contribution is 2.32. The third kappa shape index (κ3) is 2.86. The number of nitrogens with zero attached hydrogens (tertiary/aromatic N) is 1. The number of hydrogen-bond acceptors (Lipinski definition) is 2. The van der Waals surface area contributed by atoms with Gasteiger partial charge in [-0.15, -0.1) is 0 Å².